The zero-order chi connectivity index (χ0) is 16.8. The van der Waals surface area contributed by atoms with Gasteiger partial charge in [-0.3, -0.25) is 4.90 Å². The SMILES string of the molecule is Cc1ccc([C@@H](CNCc2cccc(C#N)c2)N2CCOCC2)o1. The number of morpholine rings is 1. The van der Waals surface area contributed by atoms with E-state index < -0.39 is 0 Å². The van der Waals surface area contributed by atoms with Crippen molar-refractivity contribution in [1.82, 2.24) is 10.2 Å². The van der Waals surface area contributed by atoms with Gasteiger partial charge in [-0.1, -0.05) is 12.1 Å². The number of nitrogens with one attached hydrogen (secondary N) is 1. The molecule has 1 fully saturated rings. The maximum Gasteiger partial charge on any atom is 0.122 e. The Labute approximate surface area is 142 Å². The first-order valence-electron chi connectivity index (χ1n) is 8.34. The molecule has 5 heteroatoms. The quantitative estimate of drug-likeness (QED) is 0.884. The molecule has 1 N–H and O–H groups in total. The van der Waals surface area contributed by atoms with Crippen LogP contribution in [-0.2, 0) is 11.3 Å². The van der Waals surface area contributed by atoms with Crippen LogP contribution in [0.5, 0.6) is 0 Å². The zero-order valence-corrected chi connectivity index (χ0v) is 14.0. The molecule has 0 amide bonds. The van der Waals surface area contributed by atoms with E-state index in [1.165, 1.54) is 0 Å². The number of nitriles is 1. The monoisotopic (exact) mass is 325 g/mol. The molecule has 3 rings (SSSR count). The molecular weight excluding hydrogens is 302 g/mol. The number of furan rings is 1. The van der Waals surface area contributed by atoms with Crippen molar-refractivity contribution in [3.63, 3.8) is 0 Å². The summed E-state index contributed by atoms with van der Waals surface area (Å²) in [5.41, 5.74) is 1.81. The van der Waals surface area contributed by atoms with E-state index in [2.05, 4.69) is 22.4 Å². The summed E-state index contributed by atoms with van der Waals surface area (Å²) >= 11 is 0. The molecular formula is C19H23N3O2. The van der Waals surface area contributed by atoms with Gasteiger partial charge in [-0.25, -0.2) is 0 Å². The van der Waals surface area contributed by atoms with E-state index in [0.29, 0.717) is 5.56 Å². The van der Waals surface area contributed by atoms with Crippen molar-refractivity contribution in [3.8, 4) is 6.07 Å². The summed E-state index contributed by atoms with van der Waals surface area (Å²) in [6.45, 7) is 6.85. The Morgan fingerprint density at radius 2 is 2.08 bits per heavy atom. The lowest BCUT2D eigenvalue weighted by molar-refractivity contribution is 0.0115. The van der Waals surface area contributed by atoms with Crippen LogP contribution in [0.3, 0.4) is 0 Å². The van der Waals surface area contributed by atoms with Gasteiger partial charge in [0.25, 0.3) is 0 Å². The molecule has 1 aromatic heterocycles. The zero-order valence-electron chi connectivity index (χ0n) is 14.0. The van der Waals surface area contributed by atoms with Crippen LogP contribution in [0.25, 0.3) is 0 Å². The predicted octanol–water partition coefficient (Wildman–Crippen LogP) is 2.62. The highest BCUT2D eigenvalue weighted by atomic mass is 16.5. The van der Waals surface area contributed by atoms with Gasteiger partial charge in [0.05, 0.1) is 30.9 Å². The number of hydrogen-bond acceptors (Lipinski definition) is 5. The largest absolute Gasteiger partial charge is 0.465 e. The van der Waals surface area contributed by atoms with Crippen molar-refractivity contribution in [1.29, 1.82) is 5.26 Å². The molecule has 0 spiro atoms. The highest BCUT2D eigenvalue weighted by molar-refractivity contribution is 5.32. The maximum absolute atomic E-state index is 9.00. The standard InChI is InChI=1S/C19H23N3O2/c1-15-5-6-19(24-15)18(22-7-9-23-10-8-22)14-21-13-17-4-2-3-16(11-17)12-20/h2-6,11,18,21H,7-10,13-14H2,1H3/t18-/m1/s1. The Morgan fingerprint density at radius 3 is 2.79 bits per heavy atom. The van der Waals surface area contributed by atoms with Crippen LogP contribution in [0.1, 0.15) is 28.7 Å². The van der Waals surface area contributed by atoms with Crippen LogP contribution in [0.15, 0.2) is 40.8 Å². The first-order valence-corrected chi connectivity index (χ1v) is 8.34. The second-order valence-corrected chi connectivity index (χ2v) is 6.06. The number of rotatable bonds is 6. The average molecular weight is 325 g/mol. The van der Waals surface area contributed by atoms with Gasteiger partial charge in [0.1, 0.15) is 11.5 Å². The van der Waals surface area contributed by atoms with Crippen molar-refractivity contribution in [2.24, 2.45) is 0 Å². The molecule has 1 saturated heterocycles. The molecule has 126 valence electrons. The molecule has 5 nitrogen and oxygen atoms in total. The number of aryl methyl sites for hydroxylation is 1. The van der Waals surface area contributed by atoms with Crippen LogP contribution >= 0.6 is 0 Å². The summed E-state index contributed by atoms with van der Waals surface area (Å²) < 4.78 is 11.3. The fraction of sp³-hybridized carbons (Fsp3) is 0.421. The van der Waals surface area contributed by atoms with Crippen molar-refractivity contribution >= 4 is 0 Å². The second kappa shape index (κ2) is 8.11. The molecule has 1 atom stereocenters. The minimum atomic E-state index is 0.196. The Hall–Kier alpha value is -2.13. The molecule has 24 heavy (non-hydrogen) atoms. The topological polar surface area (TPSA) is 61.4 Å². The Bertz CT molecular complexity index is 699. The molecule has 1 aliphatic rings. The number of ether oxygens (including phenoxy) is 1. The number of benzene rings is 1. The van der Waals surface area contributed by atoms with Gasteiger partial charge >= 0.3 is 0 Å². The molecule has 2 heterocycles. The van der Waals surface area contributed by atoms with Gasteiger partial charge in [0.15, 0.2) is 0 Å². The van der Waals surface area contributed by atoms with Crippen molar-refractivity contribution in [2.45, 2.75) is 19.5 Å². The van der Waals surface area contributed by atoms with Crippen molar-refractivity contribution in [3.05, 3.63) is 59.0 Å². The number of nitrogens with zero attached hydrogens (tertiary/aromatic N) is 2. The smallest absolute Gasteiger partial charge is 0.122 e. The van der Waals surface area contributed by atoms with Gasteiger partial charge in [-0.15, -0.1) is 0 Å². The van der Waals surface area contributed by atoms with E-state index in [-0.39, 0.29) is 6.04 Å². The van der Waals surface area contributed by atoms with Gasteiger partial charge in [0.2, 0.25) is 0 Å². The normalized spacial score (nSPS) is 16.7. The lowest BCUT2D eigenvalue weighted by Gasteiger charge is -2.33. The van der Waals surface area contributed by atoms with E-state index in [4.69, 9.17) is 14.4 Å². The van der Waals surface area contributed by atoms with Gasteiger partial charge in [-0.2, -0.15) is 5.26 Å². The van der Waals surface area contributed by atoms with Crippen LogP contribution < -0.4 is 5.32 Å². The molecule has 0 unspecified atom stereocenters. The second-order valence-electron chi connectivity index (χ2n) is 6.06. The van der Waals surface area contributed by atoms with E-state index >= 15 is 0 Å². The summed E-state index contributed by atoms with van der Waals surface area (Å²) in [5.74, 6) is 1.93. The third-order valence-corrected chi connectivity index (χ3v) is 4.30. The Balaban J connectivity index is 1.64. The van der Waals surface area contributed by atoms with Crippen LogP contribution in [0.2, 0.25) is 0 Å². The van der Waals surface area contributed by atoms with Gasteiger partial charge in [0, 0.05) is 26.2 Å². The molecule has 1 aliphatic heterocycles. The summed E-state index contributed by atoms with van der Waals surface area (Å²) in [7, 11) is 0. The number of hydrogen-bond donors (Lipinski definition) is 1. The molecule has 0 aliphatic carbocycles. The lowest BCUT2D eigenvalue weighted by atomic mass is 10.1. The molecule has 0 bridgehead atoms. The predicted molar refractivity (Wildman–Crippen MR) is 91.4 cm³/mol. The molecule has 1 aromatic carbocycles. The van der Waals surface area contributed by atoms with Crippen molar-refractivity contribution < 1.29 is 9.15 Å². The van der Waals surface area contributed by atoms with Crippen LogP contribution in [-0.4, -0.2) is 37.7 Å². The van der Waals surface area contributed by atoms with E-state index in [1.807, 2.05) is 37.3 Å². The highest BCUT2D eigenvalue weighted by Crippen LogP contribution is 2.23. The first kappa shape index (κ1) is 16.7. The third kappa shape index (κ3) is 4.24. The molecule has 0 radical (unpaired) electrons. The van der Waals surface area contributed by atoms with Gasteiger partial charge < -0.3 is 14.5 Å². The Kier molecular flexibility index (Phi) is 5.65. The summed E-state index contributed by atoms with van der Waals surface area (Å²) in [5, 5.41) is 12.5. The van der Waals surface area contributed by atoms with Gasteiger partial charge in [-0.05, 0) is 36.8 Å². The van der Waals surface area contributed by atoms with E-state index in [1.54, 1.807) is 0 Å². The minimum Gasteiger partial charge on any atom is -0.465 e. The Morgan fingerprint density at radius 1 is 1.25 bits per heavy atom. The maximum atomic E-state index is 9.00. The summed E-state index contributed by atoms with van der Waals surface area (Å²) in [6.07, 6.45) is 0. The van der Waals surface area contributed by atoms with E-state index in [9.17, 15) is 0 Å². The van der Waals surface area contributed by atoms with Crippen LogP contribution in [0.4, 0.5) is 0 Å². The van der Waals surface area contributed by atoms with Crippen LogP contribution in [0, 0.1) is 18.3 Å². The first-order chi connectivity index (χ1) is 11.8. The fourth-order valence-electron chi connectivity index (χ4n) is 3.04. The highest BCUT2D eigenvalue weighted by Gasteiger charge is 2.24. The fourth-order valence-corrected chi connectivity index (χ4v) is 3.04. The van der Waals surface area contributed by atoms with Crippen molar-refractivity contribution in [2.75, 3.05) is 32.8 Å². The summed E-state index contributed by atoms with van der Waals surface area (Å²) in [4.78, 5) is 2.40. The third-order valence-electron chi connectivity index (χ3n) is 4.30. The van der Waals surface area contributed by atoms with E-state index in [0.717, 1.165) is 56.5 Å². The average Bonchev–Trinajstić information content (AvgIpc) is 3.05. The summed E-state index contributed by atoms with van der Waals surface area (Å²) in [6, 6.07) is 14.2. The minimum absolute atomic E-state index is 0.196. The molecule has 2 aromatic rings. The lowest BCUT2D eigenvalue weighted by Crippen LogP contribution is -2.42. The molecule has 0 saturated carbocycles.